The Labute approximate surface area is 257 Å². The number of nitrogens with one attached hydrogen (secondary N) is 1. The molecule has 8 heteroatoms. The first-order chi connectivity index (χ1) is 21.1. The van der Waals surface area contributed by atoms with Crippen molar-refractivity contribution in [3.63, 3.8) is 0 Å². The lowest BCUT2D eigenvalue weighted by molar-refractivity contribution is -0.127. The number of pyridine rings is 1. The van der Waals surface area contributed by atoms with Gasteiger partial charge in [0.2, 0.25) is 11.8 Å². The van der Waals surface area contributed by atoms with Crippen LogP contribution in [0.5, 0.6) is 5.75 Å². The lowest BCUT2D eigenvalue weighted by atomic mass is 9.87. The lowest BCUT2D eigenvalue weighted by Crippen LogP contribution is -2.45. The highest BCUT2D eigenvalue weighted by Crippen LogP contribution is 2.27. The van der Waals surface area contributed by atoms with Crippen LogP contribution >= 0.6 is 0 Å². The lowest BCUT2D eigenvalue weighted by Gasteiger charge is -2.19. The zero-order valence-corrected chi connectivity index (χ0v) is 25.5. The molecule has 226 valence electrons. The molecule has 0 fully saturated rings. The van der Waals surface area contributed by atoms with Crippen molar-refractivity contribution in [2.75, 3.05) is 0 Å². The van der Waals surface area contributed by atoms with Crippen molar-refractivity contribution in [1.82, 2.24) is 20.1 Å². The third-order valence-electron chi connectivity index (χ3n) is 7.80. The van der Waals surface area contributed by atoms with Crippen LogP contribution in [0.3, 0.4) is 0 Å². The second kappa shape index (κ2) is 13.1. The van der Waals surface area contributed by atoms with Gasteiger partial charge in [0.05, 0.1) is 11.4 Å². The fourth-order valence-corrected chi connectivity index (χ4v) is 5.22. The number of aromatic hydroxyl groups is 1. The van der Waals surface area contributed by atoms with Crippen molar-refractivity contribution >= 4 is 22.6 Å². The van der Waals surface area contributed by atoms with Crippen LogP contribution in [0.1, 0.15) is 56.9 Å². The molecule has 0 spiro atoms. The second-order valence-corrected chi connectivity index (χ2v) is 12.2. The maximum Gasteiger partial charge on any atom is 0.240 e. The first-order valence-electron chi connectivity index (χ1n) is 15.0. The molecule has 0 aliphatic rings. The maximum atomic E-state index is 12.7. The number of carbonyl (C=O) groups is 2. The van der Waals surface area contributed by atoms with E-state index in [1.165, 1.54) is 5.56 Å². The molecule has 3 aromatic carbocycles. The minimum Gasteiger partial charge on any atom is -0.508 e. The number of nitrogens with zero attached hydrogens (tertiary/aromatic N) is 3. The summed E-state index contributed by atoms with van der Waals surface area (Å²) in [5.41, 5.74) is 11.2. The zero-order valence-electron chi connectivity index (χ0n) is 25.5. The van der Waals surface area contributed by atoms with Crippen LogP contribution in [0, 0.1) is 0 Å². The Bertz CT molecular complexity index is 1750. The molecule has 1 unspecified atom stereocenters. The summed E-state index contributed by atoms with van der Waals surface area (Å²) in [7, 11) is 0. The Hall–Kier alpha value is -4.98. The van der Waals surface area contributed by atoms with E-state index in [0.717, 1.165) is 45.5 Å². The monoisotopic (exact) mass is 589 g/mol. The highest BCUT2D eigenvalue weighted by atomic mass is 16.3. The Kier molecular flexibility index (Phi) is 9.09. The topological polar surface area (TPSA) is 123 Å². The molecule has 2 aromatic heterocycles. The molecular weight excluding hydrogens is 550 g/mol. The Balaban J connectivity index is 1.28. The second-order valence-electron chi connectivity index (χ2n) is 12.2. The fraction of sp³-hybridized carbons (Fsp3) is 0.278. The van der Waals surface area contributed by atoms with Gasteiger partial charge >= 0.3 is 0 Å². The van der Waals surface area contributed by atoms with Crippen LogP contribution in [-0.4, -0.2) is 37.7 Å². The van der Waals surface area contributed by atoms with Gasteiger partial charge in [0.25, 0.3) is 0 Å². The smallest absolute Gasteiger partial charge is 0.240 e. The first kappa shape index (κ1) is 30.5. The molecule has 0 bridgehead atoms. The number of nitrogens with two attached hydrogens (primary N) is 1. The van der Waals surface area contributed by atoms with Crippen molar-refractivity contribution < 1.29 is 14.7 Å². The van der Waals surface area contributed by atoms with Gasteiger partial charge in [-0.2, -0.15) is 5.10 Å². The minimum absolute atomic E-state index is 0.0454. The number of aryl methyl sites for hydroxylation is 1. The number of rotatable bonds is 11. The van der Waals surface area contributed by atoms with Crippen LogP contribution in [0.15, 0.2) is 91.1 Å². The Morgan fingerprint density at radius 1 is 0.909 bits per heavy atom. The van der Waals surface area contributed by atoms with Crippen molar-refractivity contribution in [3.8, 4) is 22.8 Å². The third-order valence-corrected chi connectivity index (χ3v) is 7.80. The molecule has 8 nitrogen and oxygen atoms in total. The number of benzene rings is 3. The summed E-state index contributed by atoms with van der Waals surface area (Å²) in [6.45, 7) is 6.58. The molecule has 2 heterocycles. The number of phenols is 1. The van der Waals surface area contributed by atoms with E-state index in [0.29, 0.717) is 12.8 Å². The van der Waals surface area contributed by atoms with Gasteiger partial charge in [-0.15, -0.1) is 0 Å². The number of carbonyl (C=O) groups excluding carboxylic acids is 2. The van der Waals surface area contributed by atoms with Crippen molar-refractivity contribution in [2.24, 2.45) is 5.73 Å². The Morgan fingerprint density at radius 2 is 1.61 bits per heavy atom. The molecule has 0 saturated heterocycles. The number of unbranched alkanes of at least 4 members (excludes halogenated alkanes) is 1. The molecular formula is C36H39N5O3. The van der Waals surface area contributed by atoms with E-state index in [9.17, 15) is 14.7 Å². The maximum absolute atomic E-state index is 12.7. The number of phenolic OH excluding ortho intramolecular Hbond substituents is 1. The summed E-state index contributed by atoms with van der Waals surface area (Å²) in [5.74, 6) is -0.681. The zero-order chi connectivity index (χ0) is 31.3. The van der Waals surface area contributed by atoms with Crippen LogP contribution in [0.4, 0.5) is 0 Å². The molecule has 2 amide bonds. The van der Waals surface area contributed by atoms with Crippen molar-refractivity contribution in [2.45, 2.75) is 64.3 Å². The highest BCUT2D eigenvalue weighted by molar-refractivity contribution is 5.87. The van der Waals surface area contributed by atoms with Gasteiger partial charge in [-0.25, -0.2) is 4.68 Å². The molecule has 4 N–H and O–H groups in total. The SMILES string of the molecule is CC(C)(C)c1ccc(-n2nc(-c3cc4ccccc4cn3)cc2CCCCC(=O)NC(Cc2ccc(O)cc2)C(N)=O)cc1. The predicted molar refractivity (Wildman–Crippen MR) is 173 cm³/mol. The molecule has 5 aromatic rings. The van der Waals surface area contributed by atoms with E-state index in [2.05, 4.69) is 73.5 Å². The summed E-state index contributed by atoms with van der Waals surface area (Å²) in [6.07, 6.45) is 4.51. The largest absolute Gasteiger partial charge is 0.508 e. The van der Waals surface area contributed by atoms with Crippen LogP contribution in [-0.2, 0) is 27.8 Å². The number of amides is 2. The van der Waals surface area contributed by atoms with E-state index in [-0.39, 0.29) is 29.9 Å². The molecule has 0 saturated carbocycles. The van der Waals surface area contributed by atoms with Crippen LogP contribution < -0.4 is 11.1 Å². The van der Waals surface area contributed by atoms with Crippen molar-refractivity contribution in [3.05, 3.63) is 108 Å². The third kappa shape index (κ3) is 7.50. The minimum atomic E-state index is -0.818. The fourth-order valence-electron chi connectivity index (χ4n) is 5.22. The molecule has 0 aliphatic carbocycles. The summed E-state index contributed by atoms with van der Waals surface area (Å²) in [5, 5.41) is 19.4. The molecule has 0 radical (unpaired) electrons. The number of hydrogen-bond acceptors (Lipinski definition) is 5. The normalized spacial score (nSPS) is 12.2. The number of fused-ring (bicyclic) bond motifs is 1. The van der Waals surface area contributed by atoms with Gasteiger partial charge in [0, 0.05) is 30.1 Å². The molecule has 44 heavy (non-hydrogen) atoms. The van der Waals surface area contributed by atoms with E-state index in [4.69, 9.17) is 10.8 Å². The summed E-state index contributed by atoms with van der Waals surface area (Å²) in [6, 6.07) is 26.4. The average molecular weight is 590 g/mol. The van der Waals surface area contributed by atoms with Gasteiger partial charge in [0.1, 0.15) is 17.5 Å². The number of hydrogen-bond donors (Lipinski definition) is 3. The summed E-state index contributed by atoms with van der Waals surface area (Å²) < 4.78 is 1.97. The summed E-state index contributed by atoms with van der Waals surface area (Å²) in [4.78, 5) is 29.4. The van der Waals surface area contributed by atoms with Gasteiger partial charge in [0.15, 0.2) is 0 Å². The standard InChI is InChI=1S/C36H39N5O3/c1-36(2,3)27-14-16-28(17-15-27)41-29(22-32(40-41)31-21-25-8-4-5-9-26(25)23-38-31)10-6-7-11-34(43)39-33(35(37)44)20-24-12-18-30(42)19-13-24/h4-5,8-9,12-19,21-23,33,42H,6-7,10-11,20H2,1-3H3,(H2,37,44)(H,39,43). The van der Waals surface area contributed by atoms with Gasteiger partial charge in [-0.05, 0) is 77.6 Å². The van der Waals surface area contributed by atoms with E-state index in [1.54, 1.807) is 24.3 Å². The van der Waals surface area contributed by atoms with E-state index < -0.39 is 11.9 Å². The number of aromatic nitrogens is 3. The molecule has 0 aliphatic heterocycles. The van der Waals surface area contributed by atoms with Crippen LogP contribution in [0.25, 0.3) is 27.8 Å². The molecule has 5 rings (SSSR count). The average Bonchev–Trinajstić information content (AvgIpc) is 3.43. The van der Waals surface area contributed by atoms with Gasteiger partial charge in [-0.1, -0.05) is 69.3 Å². The van der Waals surface area contributed by atoms with Gasteiger partial charge < -0.3 is 16.2 Å². The van der Waals surface area contributed by atoms with Gasteiger partial charge in [-0.3, -0.25) is 14.6 Å². The Morgan fingerprint density at radius 3 is 2.30 bits per heavy atom. The number of primary amides is 1. The first-order valence-corrected chi connectivity index (χ1v) is 15.0. The van der Waals surface area contributed by atoms with Crippen molar-refractivity contribution in [1.29, 1.82) is 0 Å². The quantitative estimate of drug-likeness (QED) is 0.163. The highest BCUT2D eigenvalue weighted by Gasteiger charge is 2.19. The van der Waals surface area contributed by atoms with E-state index in [1.807, 2.05) is 29.1 Å². The predicted octanol–water partition coefficient (Wildman–Crippen LogP) is 6.02. The summed E-state index contributed by atoms with van der Waals surface area (Å²) >= 11 is 0. The molecule has 1 atom stereocenters. The van der Waals surface area contributed by atoms with Crippen LogP contribution in [0.2, 0.25) is 0 Å². The van der Waals surface area contributed by atoms with E-state index >= 15 is 0 Å².